The molecular weight excluding hydrogens is 306 g/mol. The summed E-state index contributed by atoms with van der Waals surface area (Å²) in [6, 6.07) is 10.9. The van der Waals surface area contributed by atoms with Crippen LogP contribution < -0.4 is 15.5 Å². The molecule has 0 unspecified atom stereocenters. The predicted octanol–water partition coefficient (Wildman–Crippen LogP) is 3.21. The highest BCUT2D eigenvalue weighted by molar-refractivity contribution is 6.30. The van der Waals surface area contributed by atoms with Gasteiger partial charge in [-0.2, -0.15) is 5.10 Å². The Morgan fingerprint density at radius 3 is 2.68 bits per heavy atom. The Morgan fingerprint density at radius 1 is 1.27 bits per heavy atom. The van der Waals surface area contributed by atoms with Crippen molar-refractivity contribution in [2.45, 2.75) is 0 Å². The third kappa shape index (κ3) is 4.39. The first-order chi connectivity index (χ1) is 10.6. The highest BCUT2D eigenvalue weighted by Gasteiger charge is 2.02. The van der Waals surface area contributed by atoms with Gasteiger partial charge < -0.3 is 15.2 Å². The number of rotatable bonds is 4. The molecule has 22 heavy (non-hydrogen) atoms. The number of urea groups is 1. The zero-order valence-electron chi connectivity index (χ0n) is 11.7. The van der Waals surface area contributed by atoms with E-state index in [1.807, 2.05) is 0 Å². The number of phenolic OH excluding ortho intramolecular Hbond substituents is 1. The third-order valence-electron chi connectivity index (χ3n) is 2.69. The van der Waals surface area contributed by atoms with E-state index < -0.39 is 6.03 Å². The second-order valence-corrected chi connectivity index (χ2v) is 4.70. The van der Waals surface area contributed by atoms with Crippen LogP contribution in [-0.2, 0) is 0 Å². The molecule has 0 saturated heterocycles. The number of phenols is 1. The van der Waals surface area contributed by atoms with Crippen LogP contribution in [0.5, 0.6) is 11.5 Å². The summed E-state index contributed by atoms with van der Waals surface area (Å²) in [6.45, 7) is 0. The fraction of sp³-hybridized carbons (Fsp3) is 0.0667. The second kappa shape index (κ2) is 7.33. The topological polar surface area (TPSA) is 83.0 Å². The van der Waals surface area contributed by atoms with E-state index in [2.05, 4.69) is 15.8 Å². The molecule has 0 atom stereocenters. The number of carbonyl (C=O) groups excluding carboxylic acids is 1. The number of anilines is 1. The van der Waals surface area contributed by atoms with E-state index in [9.17, 15) is 9.90 Å². The molecule has 2 rings (SSSR count). The van der Waals surface area contributed by atoms with Crippen LogP contribution in [0.4, 0.5) is 10.5 Å². The maximum atomic E-state index is 11.6. The summed E-state index contributed by atoms with van der Waals surface area (Å²) >= 11 is 5.76. The van der Waals surface area contributed by atoms with Gasteiger partial charge in [-0.1, -0.05) is 11.6 Å². The highest BCUT2D eigenvalue weighted by Crippen LogP contribution is 2.25. The summed E-state index contributed by atoms with van der Waals surface area (Å²) in [5.74, 6) is 0.364. The van der Waals surface area contributed by atoms with Crippen molar-refractivity contribution in [2.24, 2.45) is 5.10 Å². The lowest BCUT2D eigenvalue weighted by molar-refractivity contribution is 0.252. The van der Waals surface area contributed by atoms with Crippen molar-refractivity contribution in [2.75, 3.05) is 12.4 Å². The number of benzene rings is 2. The van der Waals surface area contributed by atoms with Crippen LogP contribution in [0, 0.1) is 0 Å². The Labute approximate surface area is 132 Å². The van der Waals surface area contributed by atoms with Crippen molar-refractivity contribution >= 4 is 29.5 Å². The highest BCUT2D eigenvalue weighted by atomic mass is 35.5. The minimum absolute atomic E-state index is 0.0353. The summed E-state index contributed by atoms with van der Waals surface area (Å²) in [6.07, 6.45) is 1.43. The van der Waals surface area contributed by atoms with E-state index >= 15 is 0 Å². The van der Waals surface area contributed by atoms with Gasteiger partial charge in [0.05, 0.1) is 13.3 Å². The summed E-state index contributed by atoms with van der Waals surface area (Å²) in [5.41, 5.74) is 3.60. The molecule has 0 heterocycles. The molecule has 0 aliphatic rings. The number of nitrogens with zero attached hydrogens (tertiary/aromatic N) is 1. The number of amides is 2. The average Bonchev–Trinajstić information content (AvgIpc) is 2.51. The van der Waals surface area contributed by atoms with Crippen LogP contribution in [-0.4, -0.2) is 24.5 Å². The van der Waals surface area contributed by atoms with Crippen molar-refractivity contribution in [3.8, 4) is 11.5 Å². The first kappa shape index (κ1) is 15.7. The molecule has 0 saturated carbocycles. The molecule has 0 radical (unpaired) electrons. The van der Waals surface area contributed by atoms with E-state index in [1.54, 1.807) is 36.4 Å². The maximum Gasteiger partial charge on any atom is 0.339 e. The van der Waals surface area contributed by atoms with E-state index in [1.165, 1.54) is 19.4 Å². The fourth-order valence-electron chi connectivity index (χ4n) is 1.63. The number of hydrogen-bond acceptors (Lipinski definition) is 4. The lowest BCUT2D eigenvalue weighted by Gasteiger charge is -2.05. The molecule has 0 aliphatic carbocycles. The fourth-order valence-corrected chi connectivity index (χ4v) is 1.76. The van der Waals surface area contributed by atoms with Crippen LogP contribution in [0.15, 0.2) is 47.6 Å². The average molecular weight is 320 g/mol. The number of halogens is 1. The molecule has 2 aromatic carbocycles. The molecule has 0 spiro atoms. The molecule has 2 amide bonds. The Morgan fingerprint density at radius 2 is 2.00 bits per heavy atom. The van der Waals surface area contributed by atoms with E-state index in [4.69, 9.17) is 16.3 Å². The normalized spacial score (nSPS) is 10.5. The summed E-state index contributed by atoms with van der Waals surface area (Å²) < 4.78 is 4.98. The zero-order chi connectivity index (χ0) is 15.9. The zero-order valence-corrected chi connectivity index (χ0v) is 12.5. The first-order valence-electron chi connectivity index (χ1n) is 6.31. The number of hydrazone groups is 1. The standard InChI is InChI=1S/C15H14ClN3O3/c1-22-14-8-10(2-7-13(14)20)9-17-19-15(21)18-12-5-3-11(16)4-6-12/h2-9,20H,1H3,(H2,18,19,21)/b17-9+. The quantitative estimate of drug-likeness (QED) is 0.597. The number of methoxy groups -OCH3 is 1. The van der Waals surface area contributed by atoms with Gasteiger partial charge in [-0.05, 0) is 48.0 Å². The van der Waals surface area contributed by atoms with Crippen molar-refractivity contribution < 1.29 is 14.6 Å². The lowest BCUT2D eigenvalue weighted by atomic mass is 10.2. The van der Waals surface area contributed by atoms with Gasteiger partial charge in [0.25, 0.3) is 0 Å². The number of nitrogens with one attached hydrogen (secondary N) is 2. The first-order valence-corrected chi connectivity index (χ1v) is 6.69. The Hall–Kier alpha value is -2.73. The van der Waals surface area contributed by atoms with Crippen LogP contribution in [0.25, 0.3) is 0 Å². The van der Waals surface area contributed by atoms with Gasteiger partial charge in [0.2, 0.25) is 0 Å². The Kier molecular flexibility index (Phi) is 5.21. The van der Waals surface area contributed by atoms with Gasteiger partial charge >= 0.3 is 6.03 Å². The molecular formula is C15H14ClN3O3. The smallest absolute Gasteiger partial charge is 0.339 e. The van der Waals surface area contributed by atoms with E-state index in [-0.39, 0.29) is 5.75 Å². The molecule has 3 N–H and O–H groups in total. The van der Waals surface area contributed by atoms with Gasteiger partial charge in [-0.3, -0.25) is 0 Å². The molecule has 2 aromatic rings. The van der Waals surface area contributed by atoms with Crippen molar-refractivity contribution in [1.29, 1.82) is 0 Å². The maximum absolute atomic E-state index is 11.6. The Balaban J connectivity index is 1.91. The van der Waals surface area contributed by atoms with Gasteiger partial charge in [0.1, 0.15) is 0 Å². The van der Waals surface area contributed by atoms with Gasteiger partial charge in [-0.25, -0.2) is 10.2 Å². The van der Waals surface area contributed by atoms with Gasteiger partial charge in [0, 0.05) is 10.7 Å². The predicted molar refractivity (Wildman–Crippen MR) is 85.9 cm³/mol. The number of aromatic hydroxyl groups is 1. The van der Waals surface area contributed by atoms with Gasteiger partial charge in [-0.15, -0.1) is 0 Å². The lowest BCUT2D eigenvalue weighted by Crippen LogP contribution is -2.24. The minimum Gasteiger partial charge on any atom is -0.504 e. The largest absolute Gasteiger partial charge is 0.504 e. The van der Waals surface area contributed by atoms with E-state index in [0.717, 1.165) is 0 Å². The van der Waals surface area contributed by atoms with Crippen molar-refractivity contribution in [3.63, 3.8) is 0 Å². The molecule has 0 fully saturated rings. The summed E-state index contributed by atoms with van der Waals surface area (Å²) in [4.78, 5) is 11.6. The van der Waals surface area contributed by atoms with Crippen LogP contribution in [0.2, 0.25) is 5.02 Å². The second-order valence-electron chi connectivity index (χ2n) is 4.26. The molecule has 0 bridgehead atoms. The molecule has 114 valence electrons. The molecule has 0 aliphatic heterocycles. The van der Waals surface area contributed by atoms with Gasteiger partial charge in [0.15, 0.2) is 11.5 Å². The minimum atomic E-state index is -0.482. The van der Waals surface area contributed by atoms with E-state index in [0.29, 0.717) is 22.0 Å². The monoisotopic (exact) mass is 319 g/mol. The molecule has 0 aromatic heterocycles. The summed E-state index contributed by atoms with van der Waals surface area (Å²) in [7, 11) is 1.45. The van der Waals surface area contributed by atoms with Crippen molar-refractivity contribution in [3.05, 3.63) is 53.1 Å². The van der Waals surface area contributed by atoms with Crippen LogP contribution in [0.1, 0.15) is 5.56 Å². The van der Waals surface area contributed by atoms with Crippen LogP contribution >= 0.6 is 11.6 Å². The SMILES string of the molecule is COc1cc(/C=N/NC(=O)Nc2ccc(Cl)cc2)ccc1O. The number of ether oxygens (including phenoxy) is 1. The third-order valence-corrected chi connectivity index (χ3v) is 2.94. The van der Waals surface area contributed by atoms with Crippen molar-refractivity contribution in [1.82, 2.24) is 5.43 Å². The summed E-state index contributed by atoms with van der Waals surface area (Å²) in [5, 5.41) is 16.5. The van der Waals surface area contributed by atoms with Crippen LogP contribution in [0.3, 0.4) is 0 Å². The number of carbonyl (C=O) groups is 1. The molecule has 6 nitrogen and oxygen atoms in total. The molecule has 7 heteroatoms. The Bertz CT molecular complexity index is 687. The number of hydrogen-bond donors (Lipinski definition) is 3.